The second kappa shape index (κ2) is 8.69. The minimum atomic E-state index is -0.725. The Labute approximate surface area is 192 Å². The van der Waals surface area contributed by atoms with Crippen molar-refractivity contribution in [1.82, 2.24) is 15.2 Å². The number of fused-ring (bicyclic) bond motifs is 1. The average molecular weight is 462 g/mol. The first-order valence-corrected chi connectivity index (χ1v) is 11.5. The van der Waals surface area contributed by atoms with Gasteiger partial charge in [0.05, 0.1) is 17.2 Å². The fourth-order valence-electron chi connectivity index (χ4n) is 3.65. The van der Waals surface area contributed by atoms with E-state index in [4.69, 9.17) is 9.47 Å². The van der Waals surface area contributed by atoms with Crippen LogP contribution in [0.25, 0.3) is 6.08 Å². The van der Waals surface area contributed by atoms with Crippen molar-refractivity contribution in [2.24, 2.45) is 0 Å². The molecule has 32 heavy (non-hydrogen) atoms. The summed E-state index contributed by atoms with van der Waals surface area (Å²) >= 11 is 1.51. The summed E-state index contributed by atoms with van der Waals surface area (Å²) in [5.41, 5.74) is 2.26. The molecule has 1 fully saturated rings. The van der Waals surface area contributed by atoms with E-state index >= 15 is 0 Å². The molecule has 0 unspecified atom stereocenters. The molecule has 0 spiro atoms. The van der Waals surface area contributed by atoms with Crippen molar-refractivity contribution in [3.05, 3.63) is 33.4 Å². The first kappa shape index (κ1) is 24.0. The maximum atomic E-state index is 13.1. The minimum Gasteiger partial charge on any atom is -0.455 e. The van der Waals surface area contributed by atoms with Crippen LogP contribution in [-0.2, 0) is 19.1 Å². The molecule has 8 nitrogen and oxygen atoms in total. The number of ether oxygens (including phenoxy) is 2. The zero-order valence-corrected chi connectivity index (χ0v) is 20.5. The van der Waals surface area contributed by atoms with Gasteiger partial charge in [0.15, 0.2) is 0 Å². The predicted octanol–water partition coefficient (Wildman–Crippen LogP) is 3.96. The standard InChI is InChI=1S/C23H31N3O5S/c1-13-16(32-12-24-13)11-9-14-8-10-15-17(25-21(29)31-23(5,6)7)19(27)26(15)18(14)20(28)30-22(2,3)4/h9,11-12,15,17H,8,10H2,1-7H3,(H,25,29)/b11-9-/t15-,17+/m1/s1. The van der Waals surface area contributed by atoms with E-state index in [1.165, 1.54) is 16.2 Å². The SMILES string of the molecule is Cc1ncsc1/C=C\C1=C(C(=O)OC(C)(C)C)N2C(=O)[C@@H](NC(=O)OC(C)(C)C)[C@H]2CC1. The number of rotatable bonds is 4. The number of thiazole rings is 1. The summed E-state index contributed by atoms with van der Waals surface area (Å²) in [4.78, 5) is 44.9. The molecule has 2 aliphatic rings. The fraction of sp³-hybridized carbons (Fsp3) is 0.565. The fourth-order valence-corrected chi connectivity index (χ4v) is 4.35. The van der Waals surface area contributed by atoms with Crippen LogP contribution in [0.4, 0.5) is 4.79 Å². The number of alkyl carbamates (subject to hydrolysis) is 1. The van der Waals surface area contributed by atoms with Crippen LogP contribution in [0.2, 0.25) is 0 Å². The van der Waals surface area contributed by atoms with E-state index in [-0.39, 0.29) is 17.6 Å². The lowest BCUT2D eigenvalue weighted by molar-refractivity contribution is -0.161. The first-order chi connectivity index (χ1) is 14.8. The van der Waals surface area contributed by atoms with Gasteiger partial charge in [0.1, 0.15) is 22.9 Å². The Morgan fingerprint density at radius 3 is 2.38 bits per heavy atom. The van der Waals surface area contributed by atoms with E-state index < -0.39 is 29.3 Å². The molecule has 2 atom stereocenters. The first-order valence-electron chi connectivity index (χ1n) is 10.6. The van der Waals surface area contributed by atoms with E-state index in [1.807, 2.05) is 19.1 Å². The number of hydrogen-bond acceptors (Lipinski definition) is 7. The molecule has 0 saturated carbocycles. The predicted molar refractivity (Wildman–Crippen MR) is 122 cm³/mol. The summed E-state index contributed by atoms with van der Waals surface area (Å²) < 4.78 is 10.9. The maximum Gasteiger partial charge on any atom is 0.408 e. The summed E-state index contributed by atoms with van der Waals surface area (Å²) in [5.74, 6) is -0.895. The molecule has 9 heteroatoms. The molecule has 1 aromatic heterocycles. The van der Waals surface area contributed by atoms with Crippen molar-refractivity contribution in [1.29, 1.82) is 0 Å². The van der Waals surface area contributed by atoms with Crippen LogP contribution in [0.3, 0.4) is 0 Å². The Balaban J connectivity index is 1.87. The third-order valence-electron chi connectivity index (χ3n) is 4.96. The molecular formula is C23H31N3O5S. The number of amides is 2. The summed E-state index contributed by atoms with van der Waals surface area (Å²) in [5, 5.41) is 2.65. The van der Waals surface area contributed by atoms with Gasteiger partial charge in [0.2, 0.25) is 0 Å². The third-order valence-corrected chi connectivity index (χ3v) is 5.85. The van der Waals surface area contributed by atoms with Gasteiger partial charge in [-0.2, -0.15) is 0 Å². The third kappa shape index (κ3) is 5.38. The number of nitrogens with zero attached hydrogens (tertiary/aromatic N) is 2. The van der Waals surface area contributed by atoms with Gasteiger partial charge in [-0.05, 0) is 73.0 Å². The molecule has 0 radical (unpaired) electrons. The Hall–Kier alpha value is -2.68. The van der Waals surface area contributed by atoms with Gasteiger partial charge in [-0.15, -0.1) is 11.3 Å². The number of esters is 1. The minimum absolute atomic E-state index is 0.238. The highest BCUT2D eigenvalue weighted by atomic mass is 32.1. The van der Waals surface area contributed by atoms with Crippen LogP contribution in [0.15, 0.2) is 22.9 Å². The van der Waals surface area contributed by atoms with Crippen molar-refractivity contribution < 1.29 is 23.9 Å². The number of aromatic nitrogens is 1. The van der Waals surface area contributed by atoms with Crippen molar-refractivity contribution in [3.8, 4) is 0 Å². The monoisotopic (exact) mass is 461 g/mol. The molecule has 3 rings (SSSR count). The summed E-state index contributed by atoms with van der Waals surface area (Å²) in [6.45, 7) is 12.5. The zero-order chi connectivity index (χ0) is 23.8. The topological polar surface area (TPSA) is 97.8 Å². The summed E-state index contributed by atoms with van der Waals surface area (Å²) in [6, 6.07) is -1.05. The average Bonchev–Trinajstić information content (AvgIpc) is 3.05. The zero-order valence-electron chi connectivity index (χ0n) is 19.6. The van der Waals surface area contributed by atoms with Crippen molar-refractivity contribution in [3.63, 3.8) is 0 Å². The van der Waals surface area contributed by atoms with Crippen LogP contribution in [0, 0.1) is 6.92 Å². The number of carbonyl (C=O) groups excluding carboxylic acids is 3. The number of carbonyl (C=O) groups is 3. The van der Waals surface area contributed by atoms with Gasteiger partial charge in [-0.3, -0.25) is 9.69 Å². The highest BCUT2D eigenvalue weighted by Crippen LogP contribution is 2.38. The van der Waals surface area contributed by atoms with Crippen molar-refractivity contribution in [2.45, 2.75) is 84.6 Å². The van der Waals surface area contributed by atoms with Crippen LogP contribution in [-0.4, -0.2) is 51.1 Å². The molecule has 2 aliphatic heterocycles. The largest absolute Gasteiger partial charge is 0.455 e. The van der Waals surface area contributed by atoms with Crippen LogP contribution in [0.1, 0.15) is 65.0 Å². The highest BCUT2D eigenvalue weighted by Gasteiger charge is 2.54. The van der Waals surface area contributed by atoms with Crippen LogP contribution in [0.5, 0.6) is 0 Å². The van der Waals surface area contributed by atoms with E-state index in [1.54, 1.807) is 47.1 Å². The molecule has 2 amide bonds. The Bertz CT molecular complexity index is 980. The second-order valence-electron chi connectivity index (χ2n) is 9.95. The molecule has 0 aromatic carbocycles. The van der Waals surface area contributed by atoms with Gasteiger partial charge >= 0.3 is 12.1 Å². The number of allylic oxidation sites excluding steroid dienone is 2. The molecule has 3 heterocycles. The smallest absolute Gasteiger partial charge is 0.408 e. The van der Waals surface area contributed by atoms with Gasteiger partial charge in [0.25, 0.3) is 5.91 Å². The molecule has 1 aromatic rings. The maximum absolute atomic E-state index is 13.1. The number of nitrogens with one attached hydrogen (secondary N) is 1. The summed E-state index contributed by atoms with van der Waals surface area (Å²) in [6.07, 6.45) is 4.31. The lowest BCUT2D eigenvalue weighted by Gasteiger charge is -2.50. The molecule has 1 N–H and O–H groups in total. The normalized spacial score (nSPS) is 21.3. The number of hydrogen-bond donors (Lipinski definition) is 1. The quantitative estimate of drug-likeness (QED) is 0.538. The number of β-lactam (4-membered cyclic amide) rings is 1. The van der Waals surface area contributed by atoms with E-state index in [0.717, 1.165) is 16.1 Å². The van der Waals surface area contributed by atoms with Gasteiger partial charge < -0.3 is 14.8 Å². The Kier molecular flexibility index (Phi) is 6.51. The Morgan fingerprint density at radius 1 is 1.16 bits per heavy atom. The Morgan fingerprint density at radius 2 is 1.81 bits per heavy atom. The van der Waals surface area contributed by atoms with Crippen molar-refractivity contribution in [2.75, 3.05) is 0 Å². The van der Waals surface area contributed by atoms with Crippen LogP contribution < -0.4 is 5.32 Å². The van der Waals surface area contributed by atoms with Crippen LogP contribution >= 0.6 is 11.3 Å². The molecule has 0 bridgehead atoms. The van der Waals surface area contributed by atoms with E-state index in [2.05, 4.69) is 10.3 Å². The second-order valence-corrected chi connectivity index (χ2v) is 10.8. The van der Waals surface area contributed by atoms with Gasteiger partial charge in [0, 0.05) is 4.88 Å². The lowest BCUT2D eigenvalue weighted by Crippen LogP contribution is -2.72. The molecule has 0 aliphatic carbocycles. The highest BCUT2D eigenvalue weighted by molar-refractivity contribution is 7.10. The molecular weight excluding hydrogens is 430 g/mol. The van der Waals surface area contributed by atoms with Gasteiger partial charge in [-0.25, -0.2) is 14.6 Å². The van der Waals surface area contributed by atoms with Crippen molar-refractivity contribution >= 4 is 35.4 Å². The molecule has 1 saturated heterocycles. The van der Waals surface area contributed by atoms with E-state index in [9.17, 15) is 14.4 Å². The molecule has 174 valence electrons. The number of aryl methyl sites for hydroxylation is 1. The lowest BCUT2D eigenvalue weighted by atomic mass is 9.83. The van der Waals surface area contributed by atoms with E-state index in [0.29, 0.717) is 12.8 Å². The summed E-state index contributed by atoms with van der Waals surface area (Å²) in [7, 11) is 0. The van der Waals surface area contributed by atoms with Gasteiger partial charge in [-0.1, -0.05) is 6.08 Å².